The van der Waals surface area contributed by atoms with Crippen LogP contribution in [0.1, 0.15) is 31.4 Å². The van der Waals surface area contributed by atoms with Crippen LogP contribution < -0.4 is 19.5 Å². The first-order valence-corrected chi connectivity index (χ1v) is 6.18. The highest BCUT2D eigenvalue weighted by Gasteiger charge is 2.25. The molecule has 0 saturated heterocycles. The van der Waals surface area contributed by atoms with Gasteiger partial charge in [-0.1, -0.05) is 6.92 Å². The Labute approximate surface area is 101 Å². The van der Waals surface area contributed by atoms with Gasteiger partial charge in [-0.25, -0.2) is 0 Å². The molecule has 3 rings (SSSR count). The van der Waals surface area contributed by atoms with Crippen LogP contribution in [0.4, 0.5) is 0 Å². The standard InChI is InChI=1S/C13H17NO3/c1-2-4-14-10-3-5-15-11-7-13-12(6-9(10)11)16-8-17-13/h6-7,10,14H,2-5,8H2,1H3. The van der Waals surface area contributed by atoms with E-state index in [-0.39, 0.29) is 0 Å². The number of fused-ring (bicyclic) bond motifs is 2. The largest absolute Gasteiger partial charge is 0.493 e. The molecular weight excluding hydrogens is 218 g/mol. The van der Waals surface area contributed by atoms with E-state index in [9.17, 15) is 0 Å². The predicted octanol–water partition coefficient (Wildman–Crippen LogP) is 2.24. The minimum atomic E-state index is 0.311. The average molecular weight is 235 g/mol. The van der Waals surface area contributed by atoms with Crippen molar-refractivity contribution in [2.24, 2.45) is 0 Å². The summed E-state index contributed by atoms with van der Waals surface area (Å²) in [5.41, 5.74) is 1.19. The van der Waals surface area contributed by atoms with Gasteiger partial charge >= 0.3 is 0 Å². The Morgan fingerprint density at radius 2 is 2.00 bits per heavy atom. The van der Waals surface area contributed by atoms with E-state index in [0.717, 1.165) is 43.2 Å². The Balaban J connectivity index is 1.90. The van der Waals surface area contributed by atoms with Crippen molar-refractivity contribution in [3.63, 3.8) is 0 Å². The molecule has 4 heteroatoms. The van der Waals surface area contributed by atoms with Crippen molar-refractivity contribution in [1.29, 1.82) is 0 Å². The summed E-state index contributed by atoms with van der Waals surface area (Å²) in [5.74, 6) is 2.55. The molecule has 1 aromatic carbocycles. The van der Waals surface area contributed by atoms with Crippen molar-refractivity contribution in [2.75, 3.05) is 19.9 Å². The SMILES string of the molecule is CCCNC1CCOc2cc3c(cc21)OCO3. The van der Waals surface area contributed by atoms with Crippen LogP contribution in [-0.2, 0) is 0 Å². The Kier molecular flexibility index (Phi) is 2.81. The number of benzene rings is 1. The molecule has 0 aliphatic carbocycles. The van der Waals surface area contributed by atoms with E-state index in [0.29, 0.717) is 12.8 Å². The molecule has 0 spiro atoms. The van der Waals surface area contributed by atoms with E-state index >= 15 is 0 Å². The molecule has 0 aromatic heterocycles. The minimum Gasteiger partial charge on any atom is -0.493 e. The van der Waals surface area contributed by atoms with Gasteiger partial charge in [-0.3, -0.25) is 0 Å². The molecule has 92 valence electrons. The maximum absolute atomic E-state index is 5.68. The molecule has 0 saturated carbocycles. The van der Waals surface area contributed by atoms with Gasteiger partial charge in [0, 0.05) is 24.1 Å². The van der Waals surface area contributed by atoms with E-state index < -0.39 is 0 Å². The van der Waals surface area contributed by atoms with Gasteiger partial charge in [0.15, 0.2) is 11.5 Å². The molecule has 1 N–H and O–H groups in total. The maximum atomic E-state index is 5.68. The normalized spacial score (nSPS) is 20.9. The lowest BCUT2D eigenvalue weighted by molar-refractivity contribution is 0.174. The van der Waals surface area contributed by atoms with Gasteiger partial charge in [0.2, 0.25) is 6.79 Å². The van der Waals surface area contributed by atoms with Gasteiger partial charge in [-0.2, -0.15) is 0 Å². The van der Waals surface area contributed by atoms with Crippen LogP contribution in [0.3, 0.4) is 0 Å². The van der Waals surface area contributed by atoms with Gasteiger partial charge in [-0.15, -0.1) is 0 Å². The van der Waals surface area contributed by atoms with Crippen molar-refractivity contribution < 1.29 is 14.2 Å². The molecule has 1 unspecified atom stereocenters. The Hall–Kier alpha value is -1.42. The maximum Gasteiger partial charge on any atom is 0.231 e. The Morgan fingerprint density at radius 3 is 2.82 bits per heavy atom. The smallest absolute Gasteiger partial charge is 0.231 e. The molecule has 17 heavy (non-hydrogen) atoms. The highest BCUT2D eigenvalue weighted by atomic mass is 16.7. The van der Waals surface area contributed by atoms with Crippen LogP contribution in [0.15, 0.2) is 12.1 Å². The first kappa shape index (κ1) is 10.7. The molecule has 2 aliphatic rings. The highest BCUT2D eigenvalue weighted by molar-refractivity contribution is 5.53. The second-order valence-corrected chi connectivity index (χ2v) is 4.39. The third kappa shape index (κ3) is 1.93. The van der Waals surface area contributed by atoms with Crippen LogP contribution in [0, 0.1) is 0 Å². The second kappa shape index (κ2) is 4.45. The molecule has 0 radical (unpaired) electrons. The first-order chi connectivity index (χ1) is 8.38. The van der Waals surface area contributed by atoms with E-state index in [4.69, 9.17) is 14.2 Å². The van der Waals surface area contributed by atoms with E-state index in [1.165, 1.54) is 5.56 Å². The summed E-state index contributed by atoms with van der Waals surface area (Å²) in [4.78, 5) is 0. The van der Waals surface area contributed by atoms with Crippen molar-refractivity contribution in [1.82, 2.24) is 5.32 Å². The van der Waals surface area contributed by atoms with Gasteiger partial charge in [0.1, 0.15) is 5.75 Å². The lowest BCUT2D eigenvalue weighted by Gasteiger charge is -2.27. The third-order valence-corrected chi connectivity index (χ3v) is 3.19. The molecule has 2 aliphatic heterocycles. The summed E-state index contributed by atoms with van der Waals surface area (Å²) < 4.78 is 16.5. The van der Waals surface area contributed by atoms with E-state index in [1.54, 1.807) is 0 Å². The fraction of sp³-hybridized carbons (Fsp3) is 0.538. The highest BCUT2D eigenvalue weighted by Crippen LogP contribution is 2.42. The first-order valence-electron chi connectivity index (χ1n) is 6.18. The lowest BCUT2D eigenvalue weighted by atomic mass is 10.00. The number of ether oxygens (including phenoxy) is 3. The van der Waals surface area contributed by atoms with Gasteiger partial charge in [0.25, 0.3) is 0 Å². The average Bonchev–Trinajstić information content (AvgIpc) is 2.80. The monoisotopic (exact) mass is 235 g/mol. The number of rotatable bonds is 3. The van der Waals surface area contributed by atoms with Crippen LogP contribution in [0.25, 0.3) is 0 Å². The number of hydrogen-bond acceptors (Lipinski definition) is 4. The molecule has 1 aromatic rings. The molecule has 0 amide bonds. The van der Waals surface area contributed by atoms with Crippen LogP contribution in [0.5, 0.6) is 17.2 Å². The van der Waals surface area contributed by atoms with Crippen molar-refractivity contribution in [3.8, 4) is 17.2 Å². The molecule has 0 bridgehead atoms. The Morgan fingerprint density at radius 1 is 1.18 bits per heavy atom. The van der Waals surface area contributed by atoms with Crippen molar-refractivity contribution >= 4 is 0 Å². The Bertz CT molecular complexity index is 419. The van der Waals surface area contributed by atoms with Gasteiger partial charge < -0.3 is 19.5 Å². The third-order valence-electron chi connectivity index (χ3n) is 3.19. The van der Waals surface area contributed by atoms with Crippen LogP contribution in [0.2, 0.25) is 0 Å². The zero-order valence-corrected chi connectivity index (χ0v) is 9.99. The fourth-order valence-electron chi connectivity index (χ4n) is 2.31. The van der Waals surface area contributed by atoms with Gasteiger partial charge in [0.05, 0.1) is 6.61 Å². The van der Waals surface area contributed by atoms with Crippen molar-refractivity contribution in [3.05, 3.63) is 17.7 Å². The summed E-state index contributed by atoms with van der Waals surface area (Å²) in [5, 5.41) is 3.54. The summed E-state index contributed by atoms with van der Waals surface area (Å²) in [6, 6.07) is 4.36. The molecule has 0 fully saturated rings. The van der Waals surface area contributed by atoms with Crippen LogP contribution >= 0.6 is 0 Å². The minimum absolute atomic E-state index is 0.311. The molecular formula is C13H17NO3. The second-order valence-electron chi connectivity index (χ2n) is 4.39. The molecule has 4 nitrogen and oxygen atoms in total. The zero-order chi connectivity index (χ0) is 11.7. The molecule has 1 atom stereocenters. The molecule has 2 heterocycles. The van der Waals surface area contributed by atoms with E-state index in [2.05, 4.69) is 12.2 Å². The summed E-state index contributed by atoms with van der Waals surface area (Å²) in [6.07, 6.45) is 2.14. The number of nitrogens with one attached hydrogen (secondary N) is 1. The number of hydrogen-bond donors (Lipinski definition) is 1. The predicted molar refractivity (Wildman–Crippen MR) is 63.7 cm³/mol. The zero-order valence-electron chi connectivity index (χ0n) is 9.99. The lowest BCUT2D eigenvalue weighted by Crippen LogP contribution is -2.27. The summed E-state index contributed by atoms with van der Waals surface area (Å²) >= 11 is 0. The quantitative estimate of drug-likeness (QED) is 0.872. The topological polar surface area (TPSA) is 39.7 Å². The summed E-state index contributed by atoms with van der Waals surface area (Å²) in [6.45, 7) is 4.27. The van der Waals surface area contributed by atoms with Crippen molar-refractivity contribution in [2.45, 2.75) is 25.8 Å². The van der Waals surface area contributed by atoms with Gasteiger partial charge in [-0.05, 0) is 19.0 Å². The van der Waals surface area contributed by atoms with Crippen LogP contribution in [-0.4, -0.2) is 19.9 Å². The van der Waals surface area contributed by atoms with E-state index in [1.807, 2.05) is 12.1 Å². The fourth-order valence-corrected chi connectivity index (χ4v) is 2.31. The summed E-state index contributed by atoms with van der Waals surface area (Å²) in [7, 11) is 0.